The lowest BCUT2D eigenvalue weighted by Gasteiger charge is -2.18. The van der Waals surface area contributed by atoms with Gasteiger partial charge in [-0.15, -0.1) is 0 Å². The van der Waals surface area contributed by atoms with Crippen molar-refractivity contribution in [3.63, 3.8) is 0 Å². The number of nitrogens with two attached hydrogens (primary N) is 1. The molecule has 1 atom stereocenters. The molecule has 1 aromatic rings. The number of rotatable bonds is 4. The lowest BCUT2D eigenvalue weighted by atomic mass is 9.95. The van der Waals surface area contributed by atoms with Crippen molar-refractivity contribution in [2.24, 2.45) is 11.1 Å². The molecule has 0 unspecified atom stereocenters. The van der Waals surface area contributed by atoms with Crippen LogP contribution in [0.1, 0.15) is 26.3 Å². The highest BCUT2D eigenvalue weighted by atomic mass is 16.5. The third kappa shape index (κ3) is 4.64. The molecule has 6 heteroatoms. The first-order valence-corrected chi connectivity index (χ1v) is 6.34. The van der Waals surface area contributed by atoms with E-state index >= 15 is 0 Å². The van der Waals surface area contributed by atoms with Crippen molar-refractivity contribution in [3.05, 3.63) is 29.8 Å². The van der Waals surface area contributed by atoms with Gasteiger partial charge < -0.3 is 11.1 Å². The van der Waals surface area contributed by atoms with E-state index in [1.165, 1.54) is 5.48 Å². The maximum atomic E-state index is 11.8. The predicted octanol–water partition coefficient (Wildman–Crippen LogP) is 1.05. The molecule has 1 rings (SSSR count). The van der Waals surface area contributed by atoms with Crippen molar-refractivity contribution >= 4 is 17.5 Å². The summed E-state index contributed by atoms with van der Waals surface area (Å²) >= 11 is 0. The molecule has 0 aliphatic rings. The van der Waals surface area contributed by atoms with Crippen LogP contribution in [0.25, 0.3) is 0 Å². The Bertz CT molecular complexity index is 477. The molecule has 0 spiro atoms. The van der Waals surface area contributed by atoms with E-state index < -0.39 is 17.4 Å². The topological polar surface area (TPSA) is 104 Å². The molecule has 0 saturated heterocycles. The average molecular weight is 279 g/mol. The Kier molecular flexibility index (Phi) is 5.24. The second-order valence-electron chi connectivity index (χ2n) is 5.69. The number of anilines is 1. The summed E-state index contributed by atoms with van der Waals surface area (Å²) in [6, 6.07) is 6.26. The Morgan fingerprint density at radius 2 is 1.80 bits per heavy atom. The van der Waals surface area contributed by atoms with Gasteiger partial charge in [0, 0.05) is 11.1 Å². The van der Waals surface area contributed by atoms with Gasteiger partial charge in [0.2, 0.25) is 5.91 Å². The molecule has 0 aromatic heterocycles. The van der Waals surface area contributed by atoms with Crippen LogP contribution in [-0.2, 0) is 16.0 Å². The summed E-state index contributed by atoms with van der Waals surface area (Å²) in [5.74, 6) is -0.697. The van der Waals surface area contributed by atoms with Crippen molar-refractivity contribution in [1.82, 2.24) is 5.48 Å². The molecular formula is C14H21N3O3. The molecule has 0 aliphatic heterocycles. The highest BCUT2D eigenvalue weighted by Gasteiger charge is 2.21. The summed E-state index contributed by atoms with van der Waals surface area (Å²) in [6.45, 7) is 5.51. The van der Waals surface area contributed by atoms with Crippen LogP contribution in [-0.4, -0.2) is 23.1 Å². The van der Waals surface area contributed by atoms with Crippen molar-refractivity contribution in [1.29, 1.82) is 0 Å². The average Bonchev–Trinajstić information content (AvgIpc) is 2.38. The minimum absolute atomic E-state index is 0.0680. The van der Waals surface area contributed by atoms with E-state index in [0.29, 0.717) is 12.1 Å². The zero-order chi connectivity index (χ0) is 15.3. The van der Waals surface area contributed by atoms with Gasteiger partial charge in [0.15, 0.2) is 0 Å². The standard InChI is InChI=1S/C14H21N3O3/c1-14(2,3)13(19)16-10-6-4-9(5-7-10)8-11(15)12(18)17-20/h4-7,11,20H,8,15H2,1-3H3,(H,16,19)(H,17,18)/t11-/m0/s1. The molecule has 0 radical (unpaired) electrons. The molecule has 0 saturated carbocycles. The fraction of sp³-hybridized carbons (Fsp3) is 0.429. The zero-order valence-electron chi connectivity index (χ0n) is 11.9. The van der Waals surface area contributed by atoms with Gasteiger partial charge in [-0.3, -0.25) is 14.8 Å². The number of benzene rings is 1. The molecular weight excluding hydrogens is 258 g/mol. The Hall–Kier alpha value is -1.92. The van der Waals surface area contributed by atoms with Gasteiger partial charge in [0.05, 0.1) is 6.04 Å². The van der Waals surface area contributed by atoms with Crippen molar-refractivity contribution < 1.29 is 14.8 Å². The fourth-order valence-electron chi connectivity index (χ4n) is 1.47. The largest absolute Gasteiger partial charge is 0.326 e. The third-order valence-corrected chi connectivity index (χ3v) is 2.80. The minimum Gasteiger partial charge on any atom is -0.326 e. The molecule has 0 aliphatic carbocycles. The Morgan fingerprint density at radius 1 is 1.25 bits per heavy atom. The summed E-state index contributed by atoms with van der Waals surface area (Å²) in [5.41, 5.74) is 8.19. The molecule has 20 heavy (non-hydrogen) atoms. The van der Waals surface area contributed by atoms with Crippen molar-refractivity contribution in [3.8, 4) is 0 Å². The van der Waals surface area contributed by atoms with Crippen molar-refractivity contribution in [2.45, 2.75) is 33.2 Å². The first-order chi connectivity index (χ1) is 9.24. The van der Waals surface area contributed by atoms with E-state index in [-0.39, 0.29) is 5.91 Å². The van der Waals surface area contributed by atoms with Crippen LogP contribution in [0.4, 0.5) is 5.69 Å². The van der Waals surface area contributed by atoms with Gasteiger partial charge in [0.1, 0.15) is 0 Å². The van der Waals surface area contributed by atoms with Crippen LogP contribution in [0.5, 0.6) is 0 Å². The van der Waals surface area contributed by atoms with Crippen LogP contribution in [0.2, 0.25) is 0 Å². The summed E-state index contributed by atoms with van der Waals surface area (Å²) in [7, 11) is 0. The number of carbonyl (C=O) groups is 2. The fourth-order valence-corrected chi connectivity index (χ4v) is 1.47. The van der Waals surface area contributed by atoms with Crippen LogP contribution < -0.4 is 16.5 Å². The second kappa shape index (κ2) is 6.49. The minimum atomic E-state index is -0.810. The van der Waals surface area contributed by atoms with E-state index in [1.54, 1.807) is 24.3 Å². The van der Waals surface area contributed by atoms with Gasteiger partial charge in [-0.25, -0.2) is 5.48 Å². The molecule has 5 N–H and O–H groups in total. The van der Waals surface area contributed by atoms with E-state index in [4.69, 9.17) is 10.9 Å². The molecule has 1 aromatic carbocycles. The van der Waals surface area contributed by atoms with E-state index in [1.807, 2.05) is 20.8 Å². The van der Waals surface area contributed by atoms with E-state index in [2.05, 4.69) is 5.32 Å². The number of nitrogens with one attached hydrogen (secondary N) is 2. The highest BCUT2D eigenvalue weighted by Crippen LogP contribution is 2.18. The van der Waals surface area contributed by atoms with Gasteiger partial charge in [0.25, 0.3) is 5.91 Å². The van der Waals surface area contributed by atoms with E-state index in [0.717, 1.165) is 5.56 Å². The maximum Gasteiger partial charge on any atom is 0.260 e. The van der Waals surface area contributed by atoms with Gasteiger partial charge in [-0.2, -0.15) is 0 Å². The summed E-state index contributed by atoms with van der Waals surface area (Å²) in [5, 5.41) is 11.3. The first-order valence-electron chi connectivity index (χ1n) is 6.34. The van der Waals surface area contributed by atoms with Crippen LogP contribution >= 0.6 is 0 Å². The molecule has 0 fully saturated rings. The molecule has 6 nitrogen and oxygen atoms in total. The van der Waals surface area contributed by atoms with Gasteiger partial charge in [-0.05, 0) is 24.1 Å². The van der Waals surface area contributed by atoms with Crippen LogP contribution in [0, 0.1) is 5.41 Å². The maximum absolute atomic E-state index is 11.8. The summed E-state index contributed by atoms with van der Waals surface area (Å²) < 4.78 is 0. The molecule has 0 heterocycles. The third-order valence-electron chi connectivity index (χ3n) is 2.80. The quantitative estimate of drug-likeness (QED) is 0.488. The lowest BCUT2D eigenvalue weighted by Crippen LogP contribution is -2.40. The molecule has 2 amide bonds. The van der Waals surface area contributed by atoms with E-state index in [9.17, 15) is 9.59 Å². The van der Waals surface area contributed by atoms with Crippen LogP contribution in [0.3, 0.4) is 0 Å². The van der Waals surface area contributed by atoms with Crippen molar-refractivity contribution in [2.75, 3.05) is 5.32 Å². The first kappa shape index (κ1) is 16.1. The monoisotopic (exact) mass is 279 g/mol. The van der Waals surface area contributed by atoms with Gasteiger partial charge in [-0.1, -0.05) is 32.9 Å². The number of amides is 2. The lowest BCUT2D eigenvalue weighted by molar-refractivity contribution is -0.130. The van der Waals surface area contributed by atoms with Gasteiger partial charge >= 0.3 is 0 Å². The second-order valence-corrected chi connectivity index (χ2v) is 5.69. The summed E-state index contributed by atoms with van der Waals surface area (Å²) in [4.78, 5) is 22.9. The Morgan fingerprint density at radius 3 is 2.25 bits per heavy atom. The molecule has 110 valence electrons. The Balaban J connectivity index is 2.65. The predicted molar refractivity (Wildman–Crippen MR) is 76.1 cm³/mol. The number of hydrogen-bond acceptors (Lipinski definition) is 4. The normalized spacial score (nSPS) is 12.7. The van der Waals surface area contributed by atoms with Crippen LogP contribution in [0.15, 0.2) is 24.3 Å². The number of carbonyl (C=O) groups excluding carboxylic acids is 2. The molecule has 0 bridgehead atoms. The Labute approximate surface area is 118 Å². The summed E-state index contributed by atoms with van der Waals surface area (Å²) in [6.07, 6.45) is 0.305. The smallest absolute Gasteiger partial charge is 0.260 e. The SMILES string of the molecule is CC(C)(C)C(=O)Nc1ccc(C[C@H](N)C(=O)NO)cc1. The number of hydrogen-bond donors (Lipinski definition) is 4. The highest BCUT2D eigenvalue weighted by molar-refractivity contribution is 5.94. The number of hydroxylamine groups is 1. The zero-order valence-corrected chi connectivity index (χ0v) is 11.9.